The molecule has 0 aliphatic carbocycles. The van der Waals surface area contributed by atoms with E-state index in [9.17, 15) is 9.59 Å². The lowest BCUT2D eigenvalue weighted by molar-refractivity contribution is 0.0942. The Morgan fingerprint density at radius 2 is 2.08 bits per heavy atom. The monoisotopic (exact) mass is 354 g/mol. The van der Waals surface area contributed by atoms with Gasteiger partial charge < -0.3 is 20.3 Å². The average molecular weight is 355 g/mol. The summed E-state index contributed by atoms with van der Waals surface area (Å²) in [4.78, 5) is 31.2. The van der Waals surface area contributed by atoms with E-state index in [0.29, 0.717) is 43.0 Å². The van der Waals surface area contributed by atoms with Gasteiger partial charge in [-0.1, -0.05) is 25.4 Å². The highest BCUT2D eigenvalue weighted by Gasteiger charge is 2.22. The summed E-state index contributed by atoms with van der Waals surface area (Å²) in [5, 5.41) is 0.377. The number of halogens is 1. The lowest BCUT2D eigenvalue weighted by Gasteiger charge is -2.23. The van der Waals surface area contributed by atoms with Crippen LogP contribution < -0.4 is 10.6 Å². The third kappa shape index (κ3) is 4.74. The zero-order chi connectivity index (χ0) is 17.7. The van der Waals surface area contributed by atoms with Crippen LogP contribution in [0.2, 0.25) is 5.02 Å². The number of anilines is 1. The van der Waals surface area contributed by atoms with Gasteiger partial charge in [0.05, 0.1) is 17.2 Å². The Morgan fingerprint density at radius 3 is 2.71 bits per heavy atom. The molecule has 8 heteroatoms. The highest BCUT2D eigenvalue weighted by molar-refractivity contribution is 6.33. The van der Waals surface area contributed by atoms with E-state index in [0.717, 1.165) is 13.0 Å². The van der Waals surface area contributed by atoms with E-state index in [4.69, 9.17) is 22.1 Å². The van der Waals surface area contributed by atoms with Gasteiger partial charge in [0.2, 0.25) is 5.91 Å². The number of nitrogens with two attached hydrogens (primary N) is 1. The Morgan fingerprint density at radius 1 is 1.33 bits per heavy atom. The van der Waals surface area contributed by atoms with Gasteiger partial charge in [-0.05, 0) is 18.4 Å². The topological polar surface area (TPSA) is 88.8 Å². The zero-order valence-corrected chi connectivity index (χ0v) is 14.8. The van der Waals surface area contributed by atoms with Crippen LogP contribution in [-0.4, -0.2) is 54.7 Å². The molecule has 1 aliphatic heterocycles. The lowest BCUT2D eigenvalue weighted by Crippen LogP contribution is -2.36. The number of nitrogens with zero attached hydrogens (tertiary/aromatic N) is 3. The summed E-state index contributed by atoms with van der Waals surface area (Å²) in [7, 11) is 0. The molecule has 0 radical (unpaired) electrons. The summed E-state index contributed by atoms with van der Waals surface area (Å²) >= 11 is 6.23. The minimum Gasteiger partial charge on any atom is -0.449 e. The molecular formula is C16H23ClN4O3. The van der Waals surface area contributed by atoms with Crippen LogP contribution in [0.25, 0.3) is 0 Å². The molecule has 1 aromatic heterocycles. The van der Waals surface area contributed by atoms with Crippen LogP contribution in [0.15, 0.2) is 12.3 Å². The fourth-order valence-corrected chi connectivity index (χ4v) is 2.73. The van der Waals surface area contributed by atoms with Crippen molar-refractivity contribution < 1.29 is 14.3 Å². The second-order valence-corrected chi connectivity index (χ2v) is 6.60. The minimum absolute atomic E-state index is 0.275. The zero-order valence-electron chi connectivity index (χ0n) is 14.0. The van der Waals surface area contributed by atoms with Crippen molar-refractivity contribution in [1.82, 2.24) is 9.88 Å². The van der Waals surface area contributed by atoms with E-state index in [1.807, 2.05) is 18.7 Å². The summed E-state index contributed by atoms with van der Waals surface area (Å²) in [5.74, 6) is 0.342. The normalized spacial score (nSPS) is 15.3. The van der Waals surface area contributed by atoms with E-state index < -0.39 is 5.91 Å². The van der Waals surface area contributed by atoms with Gasteiger partial charge >= 0.3 is 6.09 Å². The quantitative estimate of drug-likeness (QED) is 0.894. The van der Waals surface area contributed by atoms with Crippen molar-refractivity contribution in [3.63, 3.8) is 0 Å². The van der Waals surface area contributed by atoms with Gasteiger partial charge in [-0.15, -0.1) is 0 Å². The number of carbonyl (C=O) groups excluding carboxylic acids is 2. The first-order valence-electron chi connectivity index (χ1n) is 8.00. The smallest absolute Gasteiger partial charge is 0.409 e. The Bertz CT molecular complexity index is 609. The van der Waals surface area contributed by atoms with Gasteiger partial charge in [-0.2, -0.15) is 0 Å². The largest absolute Gasteiger partial charge is 0.449 e. The fourth-order valence-electron chi connectivity index (χ4n) is 2.44. The molecule has 2 rings (SSSR count). The van der Waals surface area contributed by atoms with Crippen LogP contribution in [0.3, 0.4) is 0 Å². The average Bonchev–Trinajstić information content (AvgIpc) is 2.78. The number of aromatic nitrogens is 1. The van der Waals surface area contributed by atoms with Crippen LogP contribution >= 0.6 is 11.6 Å². The third-order valence-electron chi connectivity index (χ3n) is 3.70. The second-order valence-electron chi connectivity index (χ2n) is 6.19. The molecule has 0 unspecified atom stereocenters. The molecule has 0 spiro atoms. The minimum atomic E-state index is -0.564. The molecule has 0 atom stereocenters. The van der Waals surface area contributed by atoms with Gasteiger partial charge in [0.1, 0.15) is 5.82 Å². The molecule has 1 aliphatic rings. The van der Waals surface area contributed by atoms with Crippen molar-refractivity contribution in [3.8, 4) is 0 Å². The van der Waals surface area contributed by atoms with Crippen LogP contribution in [0.4, 0.5) is 10.6 Å². The summed E-state index contributed by atoms with van der Waals surface area (Å²) in [6, 6.07) is 1.52. The lowest BCUT2D eigenvalue weighted by atomic mass is 10.2. The van der Waals surface area contributed by atoms with E-state index in [1.165, 1.54) is 12.3 Å². The Labute approximate surface area is 146 Å². The van der Waals surface area contributed by atoms with Crippen molar-refractivity contribution >= 4 is 29.4 Å². The summed E-state index contributed by atoms with van der Waals surface area (Å²) in [6.45, 7) is 6.90. The molecule has 132 valence electrons. The summed E-state index contributed by atoms with van der Waals surface area (Å²) in [5.41, 5.74) is 5.50. The Kier molecular flexibility index (Phi) is 6.25. The SMILES string of the molecule is CC(C)COC(=O)N1CCCN(c2ncc(C(N)=O)cc2Cl)CC1. The molecule has 0 saturated carbocycles. The van der Waals surface area contributed by atoms with E-state index in [1.54, 1.807) is 4.90 Å². The number of rotatable bonds is 4. The summed E-state index contributed by atoms with van der Waals surface area (Å²) in [6.07, 6.45) is 1.92. The van der Waals surface area contributed by atoms with Crippen molar-refractivity contribution in [1.29, 1.82) is 0 Å². The van der Waals surface area contributed by atoms with Crippen LogP contribution in [0.1, 0.15) is 30.6 Å². The van der Waals surface area contributed by atoms with Crippen molar-refractivity contribution in [2.45, 2.75) is 20.3 Å². The number of carbonyl (C=O) groups is 2. The maximum absolute atomic E-state index is 12.1. The molecule has 1 fully saturated rings. The molecular weight excluding hydrogens is 332 g/mol. The maximum atomic E-state index is 12.1. The molecule has 0 aromatic carbocycles. The van der Waals surface area contributed by atoms with Gasteiger partial charge in [0.25, 0.3) is 0 Å². The number of pyridine rings is 1. The van der Waals surface area contributed by atoms with Gasteiger partial charge in [-0.25, -0.2) is 9.78 Å². The van der Waals surface area contributed by atoms with Gasteiger partial charge in [-0.3, -0.25) is 4.79 Å². The Balaban J connectivity index is 2.00. The molecule has 1 saturated heterocycles. The standard InChI is InChI=1S/C16H23ClN4O3/c1-11(2)10-24-16(23)21-5-3-4-20(6-7-21)15-13(17)8-12(9-19-15)14(18)22/h8-9,11H,3-7,10H2,1-2H3,(H2,18,22). The highest BCUT2D eigenvalue weighted by atomic mass is 35.5. The first-order chi connectivity index (χ1) is 11.4. The van der Waals surface area contributed by atoms with Crippen molar-refractivity contribution in [3.05, 3.63) is 22.8 Å². The fraction of sp³-hybridized carbons (Fsp3) is 0.562. The molecule has 2 N–H and O–H groups in total. The van der Waals surface area contributed by atoms with Crippen LogP contribution in [-0.2, 0) is 4.74 Å². The van der Waals surface area contributed by atoms with Crippen LogP contribution in [0.5, 0.6) is 0 Å². The molecule has 2 amide bonds. The number of ether oxygens (including phenoxy) is 1. The van der Waals surface area contributed by atoms with E-state index in [-0.39, 0.29) is 11.7 Å². The molecule has 1 aromatic rings. The number of hydrogen-bond donors (Lipinski definition) is 1. The predicted molar refractivity (Wildman–Crippen MR) is 92.4 cm³/mol. The predicted octanol–water partition coefficient (Wildman–Crippen LogP) is 2.14. The number of primary amides is 1. The molecule has 0 bridgehead atoms. The van der Waals surface area contributed by atoms with E-state index in [2.05, 4.69) is 4.98 Å². The third-order valence-corrected chi connectivity index (χ3v) is 3.98. The second kappa shape index (κ2) is 8.19. The van der Waals surface area contributed by atoms with Crippen molar-refractivity contribution in [2.75, 3.05) is 37.7 Å². The van der Waals surface area contributed by atoms with Crippen LogP contribution in [0, 0.1) is 5.92 Å². The van der Waals surface area contributed by atoms with Gasteiger partial charge in [0, 0.05) is 32.4 Å². The number of hydrogen-bond acceptors (Lipinski definition) is 5. The molecule has 24 heavy (non-hydrogen) atoms. The van der Waals surface area contributed by atoms with Gasteiger partial charge in [0.15, 0.2) is 0 Å². The molecule has 2 heterocycles. The maximum Gasteiger partial charge on any atom is 0.409 e. The van der Waals surface area contributed by atoms with E-state index >= 15 is 0 Å². The highest BCUT2D eigenvalue weighted by Crippen LogP contribution is 2.25. The Hall–Kier alpha value is -2.02. The summed E-state index contributed by atoms with van der Waals surface area (Å²) < 4.78 is 5.28. The first-order valence-corrected chi connectivity index (χ1v) is 8.38. The number of amides is 2. The van der Waals surface area contributed by atoms with Crippen molar-refractivity contribution in [2.24, 2.45) is 11.7 Å². The first kappa shape index (κ1) is 18.3. The molecule has 7 nitrogen and oxygen atoms in total.